The molecule has 1 aromatic rings. The van der Waals surface area contributed by atoms with E-state index in [9.17, 15) is 4.39 Å². The van der Waals surface area contributed by atoms with E-state index in [2.05, 4.69) is 6.92 Å². The Kier molecular flexibility index (Phi) is 6.09. The zero-order valence-electron chi connectivity index (χ0n) is 12.2. The van der Waals surface area contributed by atoms with E-state index in [0.717, 1.165) is 19.3 Å². The molecule has 0 heterocycles. The summed E-state index contributed by atoms with van der Waals surface area (Å²) >= 11 is 0. The molecule has 0 aliphatic heterocycles. The maximum atomic E-state index is 14.1. The molecule has 0 radical (unpaired) electrons. The van der Waals surface area contributed by atoms with Gasteiger partial charge in [-0.05, 0) is 43.7 Å². The van der Waals surface area contributed by atoms with Gasteiger partial charge in [0.2, 0.25) is 0 Å². The monoisotopic (exact) mass is 269 g/mol. The van der Waals surface area contributed by atoms with E-state index in [1.54, 1.807) is 13.2 Å². The van der Waals surface area contributed by atoms with Crippen molar-refractivity contribution in [2.75, 3.05) is 14.2 Å². The van der Waals surface area contributed by atoms with Gasteiger partial charge in [0, 0.05) is 12.1 Å². The molecule has 1 aromatic carbocycles. The van der Waals surface area contributed by atoms with Crippen LogP contribution in [0.4, 0.5) is 4.39 Å². The number of methoxy groups -OCH3 is 2. The van der Waals surface area contributed by atoms with Gasteiger partial charge in [-0.15, -0.1) is 0 Å². The summed E-state index contributed by atoms with van der Waals surface area (Å²) in [5.41, 5.74) is 6.46. The van der Waals surface area contributed by atoms with Crippen LogP contribution in [0.2, 0.25) is 0 Å². The van der Waals surface area contributed by atoms with Crippen LogP contribution in [-0.4, -0.2) is 20.3 Å². The minimum Gasteiger partial charge on any atom is -0.493 e. The molecule has 0 saturated carbocycles. The lowest BCUT2D eigenvalue weighted by Crippen LogP contribution is -2.16. The Balaban J connectivity index is 3.02. The number of benzene rings is 1. The van der Waals surface area contributed by atoms with Crippen LogP contribution >= 0.6 is 0 Å². The molecule has 0 fully saturated rings. The number of hydrogen-bond acceptors (Lipinski definition) is 3. The molecule has 0 spiro atoms. The first-order valence-electron chi connectivity index (χ1n) is 6.70. The highest BCUT2D eigenvalue weighted by Gasteiger charge is 2.18. The summed E-state index contributed by atoms with van der Waals surface area (Å²) < 4.78 is 24.5. The molecule has 0 aliphatic carbocycles. The van der Waals surface area contributed by atoms with Crippen LogP contribution < -0.4 is 15.2 Å². The van der Waals surface area contributed by atoms with Crippen LogP contribution in [0.25, 0.3) is 0 Å². The average molecular weight is 269 g/mol. The minimum atomic E-state index is -0.242. The van der Waals surface area contributed by atoms with Crippen molar-refractivity contribution in [3.8, 4) is 11.5 Å². The second-order valence-electron chi connectivity index (χ2n) is 4.89. The van der Waals surface area contributed by atoms with Crippen molar-refractivity contribution < 1.29 is 13.9 Å². The van der Waals surface area contributed by atoms with Gasteiger partial charge in [-0.25, -0.2) is 4.39 Å². The van der Waals surface area contributed by atoms with Crippen molar-refractivity contribution in [2.24, 2.45) is 5.73 Å². The van der Waals surface area contributed by atoms with E-state index in [1.807, 2.05) is 6.92 Å². The van der Waals surface area contributed by atoms with Crippen LogP contribution in [0.3, 0.4) is 0 Å². The highest BCUT2D eigenvalue weighted by Crippen LogP contribution is 2.35. The fourth-order valence-corrected chi connectivity index (χ4v) is 2.23. The molecule has 2 unspecified atom stereocenters. The summed E-state index contributed by atoms with van der Waals surface area (Å²) in [5, 5.41) is 0. The Hall–Kier alpha value is -1.29. The number of ether oxygens (including phenoxy) is 2. The molecule has 4 heteroatoms. The summed E-state index contributed by atoms with van der Waals surface area (Å²) in [7, 11) is 3.06. The summed E-state index contributed by atoms with van der Waals surface area (Å²) in [6, 6.07) is 3.27. The van der Waals surface area contributed by atoms with Crippen molar-refractivity contribution in [2.45, 2.75) is 45.1 Å². The number of nitrogens with two attached hydrogens (primary N) is 1. The Bertz CT molecular complexity index is 407. The van der Waals surface area contributed by atoms with Crippen LogP contribution in [0.5, 0.6) is 11.5 Å². The number of halogens is 1. The van der Waals surface area contributed by atoms with Crippen molar-refractivity contribution in [3.63, 3.8) is 0 Å². The SMILES string of the molecule is CCC(CCC(C)N)c1cc(OC)c(OC)cc1F. The smallest absolute Gasteiger partial charge is 0.163 e. The van der Waals surface area contributed by atoms with Gasteiger partial charge in [0.05, 0.1) is 14.2 Å². The molecule has 0 saturated heterocycles. The van der Waals surface area contributed by atoms with Crippen molar-refractivity contribution in [1.29, 1.82) is 0 Å². The van der Waals surface area contributed by atoms with Gasteiger partial charge in [-0.3, -0.25) is 0 Å². The lowest BCUT2D eigenvalue weighted by atomic mass is 9.90. The van der Waals surface area contributed by atoms with Gasteiger partial charge in [0.15, 0.2) is 11.5 Å². The van der Waals surface area contributed by atoms with Crippen molar-refractivity contribution in [3.05, 3.63) is 23.5 Å². The van der Waals surface area contributed by atoms with Crippen LogP contribution in [-0.2, 0) is 0 Å². The predicted molar refractivity (Wildman–Crippen MR) is 75.4 cm³/mol. The molecule has 0 aromatic heterocycles. The highest BCUT2D eigenvalue weighted by atomic mass is 19.1. The quantitative estimate of drug-likeness (QED) is 0.824. The van der Waals surface area contributed by atoms with Crippen molar-refractivity contribution >= 4 is 0 Å². The molecule has 0 bridgehead atoms. The number of rotatable bonds is 7. The second kappa shape index (κ2) is 7.34. The maximum absolute atomic E-state index is 14.1. The first-order chi connectivity index (χ1) is 9.03. The second-order valence-corrected chi connectivity index (χ2v) is 4.89. The standard InChI is InChI=1S/C15H24FNO2/c1-5-11(7-6-10(2)17)12-8-14(18-3)15(19-4)9-13(12)16/h8-11H,5-7,17H2,1-4H3. The van der Waals surface area contributed by atoms with E-state index < -0.39 is 0 Å². The first-order valence-corrected chi connectivity index (χ1v) is 6.70. The molecule has 2 N–H and O–H groups in total. The molecule has 0 aliphatic rings. The first kappa shape index (κ1) is 15.8. The summed E-state index contributed by atoms with van der Waals surface area (Å²) in [4.78, 5) is 0. The normalized spacial score (nSPS) is 14.0. The van der Waals surface area contributed by atoms with Crippen molar-refractivity contribution in [1.82, 2.24) is 0 Å². The molecular formula is C15H24FNO2. The molecular weight excluding hydrogens is 245 g/mol. The zero-order valence-corrected chi connectivity index (χ0v) is 12.2. The van der Waals surface area contributed by atoms with Gasteiger partial charge in [-0.1, -0.05) is 6.92 Å². The average Bonchev–Trinajstić information content (AvgIpc) is 2.40. The Morgan fingerprint density at radius 3 is 2.21 bits per heavy atom. The van der Waals surface area contributed by atoms with E-state index >= 15 is 0 Å². The lowest BCUT2D eigenvalue weighted by Gasteiger charge is -2.19. The fourth-order valence-electron chi connectivity index (χ4n) is 2.23. The zero-order chi connectivity index (χ0) is 14.4. The largest absolute Gasteiger partial charge is 0.493 e. The van der Waals surface area contributed by atoms with Crippen LogP contribution in [0.15, 0.2) is 12.1 Å². The maximum Gasteiger partial charge on any atom is 0.163 e. The minimum absolute atomic E-state index is 0.136. The molecule has 1 rings (SSSR count). The highest BCUT2D eigenvalue weighted by molar-refractivity contribution is 5.44. The molecule has 0 amide bonds. The summed E-state index contributed by atoms with van der Waals surface area (Å²) in [6.07, 6.45) is 2.63. The molecule has 19 heavy (non-hydrogen) atoms. The van der Waals surface area contributed by atoms with E-state index in [4.69, 9.17) is 15.2 Å². The van der Waals surface area contributed by atoms with Gasteiger partial charge < -0.3 is 15.2 Å². The third-order valence-corrected chi connectivity index (χ3v) is 3.41. The lowest BCUT2D eigenvalue weighted by molar-refractivity contribution is 0.350. The predicted octanol–water partition coefficient (Wildman–Crippen LogP) is 3.46. The third kappa shape index (κ3) is 4.10. The topological polar surface area (TPSA) is 44.5 Å². The van der Waals surface area contributed by atoms with Crippen LogP contribution in [0, 0.1) is 5.82 Å². The van der Waals surface area contributed by atoms with Crippen LogP contribution in [0.1, 0.15) is 44.6 Å². The van der Waals surface area contributed by atoms with E-state index in [1.165, 1.54) is 13.2 Å². The molecule has 2 atom stereocenters. The Morgan fingerprint density at radius 2 is 1.74 bits per heavy atom. The van der Waals surface area contributed by atoms with Gasteiger partial charge in [-0.2, -0.15) is 0 Å². The van der Waals surface area contributed by atoms with Gasteiger partial charge >= 0.3 is 0 Å². The number of hydrogen-bond donors (Lipinski definition) is 1. The van der Waals surface area contributed by atoms with Gasteiger partial charge in [0.25, 0.3) is 0 Å². The Morgan fingerprint density at radius 1 is 1.16 bits per heavy atom. The molecule has 108 valence electrons. The third-order valence-electron chi connectivity index (χ3n) is 3.41. The fraction of sp³-hybridized carbons (Fsp3) is 0.600. The summed E-state index contributed by atoms with van der Waals surface area (Å²) in [5.74, 6) is 0.906. The van der Waals surface area contributed by atoms with Gasteiger partial charge in [0.1, 0.15) is 5.82 Å². The van der Waals surface area contributed by atoms with E-state index in [-0.39, 0.29) is 17.8 Å². The van der Waals surface area contributed by atoms with E-state index in [0.29, 0.717) is 17.1 Å². The summed E-state index contributed by atoms with van der Waals surface area (Å²) in [6.45, 7) is 4.03. The molecule has 3 nitrogen and oxygen atoms in total. The Labute approximate surface area is 114 Å².